The van der Waals surface area contributed by atoms with Crippen molar-refractivity contribution in [3.05, 3.63) is 71.3 Å². The molecular formula is C22H27NO. The SMILES string of the molecule is CN(C)CCCCCC(=O)c1cccc(/C=C/c2ccccc2)c1. The Labute approximate surface area is 145 Å². The third-order valence-electron chi connectivity index (χ3n) is 3.99. The highest BCUT2D eigenvalue weighted by molar-refractivity contribution is 5.96. The van der Waals surface area contributed by atoms with E-state index >= 15 is 0 Å². The van der Waals surface area contributed by atoms with Crippen molar-refractivity contribution in [2.24, 2.45) is 0 Å². The van der Waals surface area contributed by atoms with Gasteiger partial charge in [0.2, 0.25) is 0 Å². The number of carbonyl (C=O) groups excluding carboxylic acids is 1. The summed E-state index contributed by atoms with van der Waals surface area (Å²) in [7, 11) is 4.17. The van der Waals surface area contributed by atoms with Gasteiger partial charge in [-0.2, -0.15) is 0 Å². The summed E-state index contributed by atoms with van der Waals surface area (Å²) in [4.78, 5) is 14.5. The molecule has 126 valence electrons. The van der Waals surface area contributed by atoms with Gasteiger partial charge in [0, 0.05) is 12.0 Å². The van der Waals surface area contributed by atoms with E-state index in [4.69, 9.17) is 0 Å². The summed E-state index contributed by atoms with van der Waals surface area (Å²) >= 11 is 0. The number of rotatable bonds is 9. The molecule has 0 amide bonds. The van der Waals surface area contributed by atoms with Gasteiger partial charge in [-0.25, -0.2) is 0 Å². The van der Waals surface area contributed by atoms with Crippen molar-refractivity contribution < 1.29 is 4.79 Å². The van der Waals surface area contributed by atoms with Crippen LogP contribution in [0.15, 0.2) is 54.6 Å². The van der Waals surface area contributed by atoms with Crippen molar-refractivity contribution in [1.82, 2.24) is 4.90 Å². The quantitative estimate of drug-likeness (QED) is 0.361. The van der Waals surface area contributed by atoms with Gasteiger partial charge in [-0.05, 0) is 50.7 Å². The molecule has 0 fully saturated rings. The van der Waals surface area contributed by atoms with Crippen molar-refractivity contribution in [1.29, 1.82) is 0 Å². The molecule has 2 nitrogen and oxygen atoms in total. The second kappa shape index (κ2) is 9.84. The molecule has 0 unspecified atom stereocenters. The number of ketones is 1. The van der Waals surface area contributed by atoms with E-state index in [-0.39, 0.29) is 5.78 Å². The van der Waals surface area contributed by atoms with Crippen LogP contribution in [0, 0.1) is 0 Å². The van der Waals surface area contributed by atoms with Gasteiger partial charge in [0.25, 0.3) is 0 Å². The minimum atomic E-state index is 0.245. The standard InChI is InChI=1S/C22H27NO/c1-23(2)17-8-4-7-14-22(24)21-13-9-12-20(18-21)16-15-19-10-5-3-6-11-19/h3,5-6,9-13,15-16,18H,4,7-8,14,17H2,1-2H3/b16-15+. The van der Waals surface area contributed by atoms with Crippen molar-refractivity contribution in [2.75, 3.05) is 20.6 Å². The molecule has 0 aliphatic heterocycles. The lowest BCUT2D eigenvalue weighted by atomic mass is 10.0. The van der Waals surface area contributed by atoms with Crippen molar-refractivity contribution in [3.63, 3.8) is 0 Å². The summed E-state index contributed by atoms with van der Waals surface area (Å²) in [6, 6.07) is 18.1. The molecule has 0 aliphatic carbocycles. The Morgan fingerprint density at radius 1 is 0.875 bits per heavy atom. The highest BCUT2D eigenvalue weighted by atomic mass is 16.1. The lowest BCUT2D eigenvalue weighted by Crippen LogP contribution is -2.12. The van der Waals surface area contributed by atoms with Crippen LogP contribution in [0.5, 0.6) is 0 Å². The van der Waals surface area contributed by atoms with Gasteiger partial charge in [0.05, 0.1) is 0 Å². The summed E-state index contributed by atoms with van der Waals surface area (Å²) in [5, 5.41) is 0. The topological polar surface area (TPSA) is 20.3 Å². The Morgan fingerprint density at radius 2 is 1.58 bits per heavy atom. The van der Waals surface area contributed by atoms with Crippen molar-refractivity contribution in [3.8, 4) is 0 Å². The van der Waals surface area contributed by atoms with E-state index in [1.165, 1.54) is 0 Å². The van der Waals surface area contributed by atoms with Gasteiger partial charge in [0.15, 0.2) is 5.78 Å². The maximum absolute atomic E-state index is 12.3. The van der Waals surface area contributed by atoms with Gasteiger partial charge in [0.1, 0.15) is 0 Å². The maximum Gasteiger partial charge on any atom is 0.162 e. The Bertz CT molecular complexity index is 659. The normalized spacial score (nSPS) is 11.3. The average molecular weight is 321 g/mol. The van der Waals surface area contributed by atoms with Gasteiger partial charge in [-0.3, -0.25) is 4.79 Å². The molecular weight excluding hydrogens is 294 g/mol. The number of hydrogen-bond acceptors (Lipinski definition) is 2. The second-order valence-electron chi connectivity index (χ2n) is 6.41. The van der Waals surface area contributed by atoms with Crippen molar-refractivity contribution >= 4 is 17.9 Å². The van der Waals surface area contributed by atoms with Crippen LogP contribution in [0.1, 0.15) is 47.2 Å². The Kier molecular flexibility index (Phi) is 7.44. The number of hydrogen-bond donors (Lipinski definition) is 0. The molecule has 2 heteroatoms. The zero-order valence-electron chi connectivity index (χ0n) is 14.7. The molecule has 0 atom stereocenters. The maximum atomic E-state index is 12.3. The Hall–Kier alpha value is -2.19. The highest BCUT2D eigenvalue weighted by Crippen LogP contribution is 2.13. The van der Waals surface area contributed by atoms with Crippen LogP contribution in [0.25, 0.3) is 12.2 Å². The number of Topliss-reactive ketones (excluding diaryl/α,β-unsaturated/α-hetero) is 1. The fraction of sp³-hybridized carbons (Fsp3) is 0.318. The molecule has 2 rings (SSSR count). The van der Waals surface area contributed by atoms with E-state index in [1.54, 1.807) is 0 Å². The molecule has 0 saturated heterocycles. The largest absolute Gasteiger partial charge is 0.309 e. The third-order valence-corrected chi connectivity index (χ3v) is 3.99. The van der Waals surface area contributed by atoms with E-state index in [0.29, 0.717) is 6.42 Å². The first-order valence-electron chi connectivity index (χ1n) is 8.66. The predicted molar refractivity (Wildman–Crippen MR) is 103 cm³/mol. The molecule has 0 spiro atoms. The smallest absolute Gasteiger partial charge is 0.162 e. The first-order chi connectivity index (χ1) is 11.6. The first kappa shape index (κ1) is 18.2. The van der Waals surface area contributed by atoms with Crippen molar-refractivity contribution in [2.45, 2.75) is 25.7 Å². The second-order valence-corrected chi connectivity index (χ2v) is 6.41. The molecule has 24 heavy (non-hydrogen) atoms. The highest BCUT2D eigenvalue weighted by Gasteiger charge is 2.05. The number of benzene rings is 2. The van der Waals surface area contributed by atoms with Crippen LogP contribution in [0.2, 0.25) is 0 Å². The average Bonchev–Trinajstić information content (AvgIpc) is 2.60. The molecule has 0 aromatic heterocycles. The Morgan fingerprint density at radius 3 is 2.33 bits per heavy atom. The molecule has 0 heterocycles. The number of carbonyl (C=O) groups is 1. The number of unbranched alkanes of at least 4 members (excludes halogenated alkanes) is 2. The zero-order chi connectivity index (χ0) is 17.2. The van der Waals surface area contributed by atoms with E-state index in [2.05, 4.69) is 43.3 Å². The van der Waals surface area contributed by atoms with E-state index in [0.717, 1.165) is 42.5 Å². The summed E-state index contributed by atoms with van der Waals surface area (Å²) in [6.45, 7) is 1.09. The van der Waals surface area contributed by atoms with E-state index in [9.17, 15) is 4.79 Å². The van der Waals surface area contributed by atoms with E-state index in [1.807, 2.05) is 42.5 Å². The molecule has 0 aliphatic rings. The minimum absolute atomic E-state index is 0.245. The van der Waals surface area contributed by atoms with Gasteiger partial charge in [-0.15, -0.1) is 0 Å². The minimum Gasteiger partial charge on any atom is -0.309 e. The van der Waals surface area contributed by atoms with Gasteiger partial charge in [-0.1, -0.05) is 67.1 Å². The van der Waals surface area contributed by atoms with Gasteiger partial charge >= 0.3 is 0 Å². The molecule has 0 bridgehead atoms. The fourth-order valence-electron chi connectivity index (χ4n) is 2.61. The van der Waals surface area contributed by atoms with Crippen LogP contribution >= 0.6 is 0 Å². The summed E-state index contributed by atoms with van der Waals surface area (Å²) in [5.74, 6) is 0.245. The first-order valence-corrected chi connectivity index (χ1v) is 8.66. The van der Waals surface area contributed by atoms with Crippen LogP contribution in [-0.4, -0.2) is 31.3 Å². The predicted octanol–water partition coefficient (Wildman–Crippen LogP) is 5.16. The summed E-state index contributed by atoms with van der Waals surface area (Å²) < 4.78 is 0. The number of nitrogens with zero attached hydrogens (tertiary/aromatic N) is 1. The van der Waals surface area contributed by atoms with E-state index < -0.39 is 0 Å². The van der Waals surface area contributed by atoms with Crippen LogP contribution in [-0.2, 0) is 0 Å². The lowest BCUT2D eigenvalue weighted by Gasteiger charge is -2.08. The molecule has 2 aromatic carbocycles. The molecule has 0 radical (unpaired) electrons. The van der Waals surface area contributed by atoms with Crippen LogP contribution < -0.4 is 0 Å². The van der Waals surface area contributed by atoms with Crippen LogP contribution in [0.4, 0.5) is 0 Å². The summed E-state index contributed by atoms with van der Waals surface area (Å²) in [5.41, 5.74) is 3.05. The molecule has 0 N–H and O–H groups in total. The fourth-order valence-corrected chi connectivity index (χ4v) is 2.61. The van der Waals surface area contributed by atoms with Crippen LogP contribution in [0.3, 0.4) is 0 Å². The molecule has 0 saturated carbocycles. The zero-order valence-corrected chi connectivity index (χ0v) is 14.7. The summed E-state index contributed by atoms with van der Waals surface area (Å²) in [6.07, 6.45) is 8.00. The lowest BCUT2D eigenvalue weighted by molar-refractivity contribution is 0.0979. The monoisotopic (exact) mass is 321 g/mol. The molecule has 2 aromatic rings. The van der Waals surface area contributed by atoms with Gasteiger partial charge < -0.3 is 4.90 Å². The Balaban J connectivity index is 1.87. The third kappa shape index (κ3) is 6.51.